The summed E-state index contributed by atoms with van der Waals surface area (Å²) in [5.74, 6) is 1.44. The van der Waals surface area contributed by atoms with Crippen LogP contribution in [0.1, 0.15) is 27.2 Å². The van der Waals surface area contributed by atoms with Crippen molar-refractivity contribution in [3.8, 4) is 0 Å². The molecule has 0 aromatic rings. The number of carbonyl (C=O) groups is 2. The van der Waals surface area contributed by atoms with Gasteiger partial charge in [0.05, 0.1) is 0 Å². The van der Waals surface area contributed by atoms with Crippen LogP contribution in [-0.4, -0.2) is 49.4 Å². The molecule has 2 atom stereocenters. The summed E-state index contributed by atoms with van der Waals surface area (Å²) in [6.45, 7) is 9.90. The van der Waals surface area contributed by atoms with Gasteiger partial charge in [0.2, 0.25) is 11.8 Å². The van der Waals surface area contributed by atoms with E-state index in [-0.39, 0.29) is 17.2 Å². The van der Waals surface area contributed by atoms with E-state index in [1.807, 2.05) is 25.7 Å². The summed E-state index contributed by atoms with van der Waals surface area (Å²) >= 11 is 0. The second kappa shape index (κ2) is 5.49. The molecule has 2 heterocycles. The molecule has 0 radical (unpaired) electrons. The van der Waals surface area contributed by atoms with Crippen LogP contribution in [0.15, 0.2) is 0 Å². The lowest BCUT2D eigenvalue weighted by molar-refractivity contribution is -0.131. The molecular weight excluding hydrogens is 242 g/mol. The molecule has 5 heteroatoms. The van der Waals surface area contributed by atoms with Crippen LogP contribution in [0.5, 0.6) is 0 Å². The molecule has 0 bridgehead atoms. The molecule has 0 unspecified atom stereocenters. The Morgan fingerprint density at radius 1 is 1.21 bits per heavy atom. The van der Waals surface area contributed by atoms with E-state index >= 15 is 0 Å². The second-order valence-electron chi connectivity index (χ2n) is 6.73. The third-order valence-electron chi connectivity index (χ3n) is 4.05. The summed E-state index contributed by atoms with van der Waals surface area (Å²) in [6, 6.07) is 0. The summed E-state index contributed by atoms with van der Waals surface area (Å²) in [6.07, 6.45) is 0.411. The number of likely N-dealkylation sites (tertiary alicyclic amines) is 1. The standard InChI is InChI=1S/C14H25N3O2/c1-14(2,3)13(19)16-5-4-12(18)17-8-10-6-15-7-11(10)9-17/h10-11,15H,4-9H2,1-3H3,(H,16,19)/t10-,11+. The first-order valence-electron chi connectivity index (χ1n) is 7.14. The average molecular weight is 267 g/mol. The Balaban J connectivity index is 1.70. The number of nitrogens with one attached hydrogen (secondary N) is 2. The topological polar surface area (TPSA) is 61.4 Å². The number of nitrogens with zero attached hydrogens (tertiary/aromatic N) is 1. The normalized spacial score (nSPS) is 26.4. The van der Waals surface area contributed by atoms with Gasteiger partial charge in [0.25, 0.3) is 0 Å². The molecule has 2 amide bonds. The Morgan fingerprint density at radius 3 is 2.32 bits per heavy atom. The monoisotopic (exact) mass is 267 g/mol. The van der Waals surface area contributed by atoms with Crippen molar-refractivity contribution in [1.29, 1.82) is 0 Å². The molecule has 2 N–H and O–H groups in total. The van der Waals surface area contributed by atoms with Crippen molar-refractivity contribution >= 4 is 11.8 Å². The van der Waals surface area contributed by atoms with Crippen molar-refractivity contribution in [2.75, 3.05) is 32.7 Å². The van der Waals surface area contributed by atoms with Gasteiger partial charge in [-0.1, -0.05) is 20.8 Å². The van der Waals surface area contributed by atoms with Gasteiger partial charge in [0, 0.05) is 44.6 Å². The fourth-order valence-corrected chi connectivity index (χ4v) is 2.77. The Hall–Kier alpha value is -1.10. The molecule has 0 spiro atoms. The van der Waals surface area contributed by atoms with Crippen LogP contribution in [0.4, 0.5) is 0 Å². The van der Waals surface area contributed by atoms with E-state index in [1.165, 1.54) is 0 Å². The molecule has 0 saturated carbocycles. The molecule has 0 aliphatic carbocycles. The van der Waals surface area contributed by atoms with E-state index in [4.69, 9.17) is 0 Å². The lowest BCUT2D eigenvalue weighted by Crippen LogP contribution is -2.38. The highest BCUT2D eigenvalue weighted by Crippen LogP contribution is 2.26. The average Bonchev–Trinajstić information content (AvgIpc) is 2.87. The molecule has 2 fully saturated rings. The maximum atomic E-state index is 12.1. The van der Waals surface area contributed by atoms with Crippen LogP contribution in [0, 0.1) is 17.3 Å². The number of hydrogen-bond donors (Lipinski definition) is 2. The van der Waals surface area contributed by atoms with Gasteiger partial charge in [-0.05, 0) is 11.8 Å². The summed E-state index contributed by atoms with van der Waals surface area (Å²) in [4.78, 5) is 25.7. The molecule has 5 nitrogen and oxygen atoms in total. The van der Waals surface area contributed by atoms with Crippen LogP contribution < -0.4 is 10.6 Å². The van der Waals surface area contributed by atoms with Crippen LogP contribution in [0.2, 0.25) is 0 Å². The van der Waals surface area contributed by atoms with Gasteiger partial charge in [-0.25, -0.2) is 0 Å². The first kappa shape index (κ1) is 14.3. The summed E-state index contributed by atoms with van der Waals surface area (Å²) in [5.41, 5.74) is -0.389. The van der Waals surface area contributed by atoms with Gasteiger partial charge < -0.3 is 15.5 Å². The van der Waals surface area contributed by atoms with Crippen molar-refractivity contribution in [2.45, 2.75) is 27.2 Å². The highest BCUT2D eigenvalue weighted by Gasteiger charge is 2.37. The molecule has 0 aromatic carbocycles. The number of amides is 2. The first-order valence-corrected chi connectivity index (χ1v) is 7.14. The van der Waals surface area contributed by atoms with E-state index in [9.17, 15) is 9.59 Å². The molecule has 2 saturated heterocycles. The third-order valence-corrected chi connectivity index (χ3v) is 4.05. The predicted molar refractivity (Wildman–Crippen MR) is 73.5 cm³/mol. The summed E-state index contributed by atoms with van der Waals surface area (Å²) in [7, 11) is 0. The van der Waals surface area contributed by atoms with E-state index in [0.29, 0.717) is 24.8 Å². The van der Waals surface area contributed by atoms with Crippen molar-refractivity contribution in [3.05, 3.63) is 0 Å². The first-order chi connectivity index (χ1) is 8.88. The molecule has 0 aromatic heterocycles. The van der Waals surface area contributed by atoms with Crippen LogP contribution in [-0.2, 0) is 9.59 Å². The van der Waals surface area contributed by atoms with Gasteiger partial charge >= 0.3 is 0 Å². The molecule has 2 rings (SSSR count). The van der Waals surface area contributed by atoms with Gasteiger partial charge in [0.15, 0.2) is 0 Å². The Kier molecular flexibility index (Phi) is 4.13. The largest absolute Gasteiger partial charge is 0.355 e. The van der Waals surface area contributed by atoms with Crippen molar-refractivity contribution in [3.63, 3.8) is 0 Å². The van der Waals surface area contributed by atoms with Crippen molar-refractivity contribution < 1.29 is 9.59 Å². The second-order valence-corrected chi connectivity index (χ2v) is 6.73. The number of carbonyl (C=O) groups excluding carboxylic acids is 2. The minimum Gasteiger partial charge on any atom is -0.355 e. The van der Waals surface area contributed by atoms with Gasteiger partial charge in [-0.2, -0.15) is 0 Å². The zero-order valence-electron chi connectivity index (χ0n) is 12.2. The zero-order valence-corrected chi connectivity index (χ0v) is 12.2. The third kappa shape index (κ3) is 3.47. The van der Waals surface area contributed by atoms with Crippen LogP contribution in [0.25, 0.3) is 0 Å². The number of fused-ring (bicyclic) bond motifs is 1. The van der Waals surface area contributed by atoms with Crippen molar-refractivity contribution in [1.82, 2.24) is 15.5 Å². The molecule has 2 aliphatic rings. The lowest BCUT2D eigenvalue weighted by atomic mass is 9.96. The minimum atomic E-state index is -0.389. The fraction of sp³-hybridized carbons (Fsp3) is 0.857. The van der Waals surface area contributed by atoms with Crippen molar-refractivity contribution in [2.24, 2.45) is 17.3 Å². The zero-order chi connectivity index (χ0) is 14.0. The van der Waals surface area contributed by atoms with Crippen LogP contribution in [0.3, 0.4) is 0 Å². The summed E-state index contributed by atoms with van der Waals surface area (Å²) < 4.78 is 0. The quantitative estimate of drug-likeness (QED) is 0.769. The highest BCUT2D eigenvalue weighted by atomic mass is 16.2. The summed E-state index contributed by atoms with van der Waals surface area (Å²) in [5, 5.41) is 6.19. The molecule has 2 aliphatic heterocycles. The van der Waals surface area contributed by atoms with E-state index < -0.39 is 0 Å². The van der Waals surface area contributed by atoms with E-state index in [0.717, 1.165) is 26.2 Å². The maximum Gasteiger partial charge on any atom is 0.225 e. The molecular formula is C14H25N3O2. The number of hydrogen-bond acceptors (Lipinski definition) is 3. The minimum absolute atomic E-state index is 0.00258. The van der Waals surface area contributed by atoms with Gasteiger partial charge in [0.1, 0.15) is 0 Å². The van der Waals surface area contributed by atoms with Gasteiger partial charge in [-0.3, -0.25) is 9.59 Å². The maximum absolute atomic E-state index is 12.1. The number of rotatable bonds is 3. The Labute approximate surface area is 115 Å². The molecule has 19 heavy (non-hydrogen) atoms. The Bertz CT molecular complexity index is 350. The highest BCUT2D eigenvalue weighted by molar-refractivity contribution is 5.82. The smallest absolute Gasteiger partial charge is 0.225 e. The lowest BCUT2D eigenvalue weighted by Gasteiger charge is -2.20. The van der Waals surface area contributed by atoms with E-state index in [2.05, 4.69) is 10.6 Å². The molecule has 108 valence electrons. The fourth-order valence-electron chi connectivity index (χ4n) is 2.77. The van der Waals surface area contributed by atoms with E-state index in [1.54, 1.807) is 0 Å². The van der Waals surface area contributed by atoms with Crippen LogP contribution >= 0.6 is 0 Å². The predicted octanol–water partition coefficient (Wildman–Crippen LogP) is 0.217. The SMILES string of the molecule is CC(C)(C)C(=O)NCCC(=O)N1C[C@H]2CNC[C@H]2C1. The van der Waals surface area contributed by atoms with Gasteiger partial charge in [-0.15, -0.1) is 0 Å². The Morgan fingerprint density at radius 2 is 1.79 bits per heavy atom.